The highest BCUT2D eigenvalue weighted by Gasteiger charge is 2.22. The zero-order valence-corrected chi connectivity index (χ0v) is 37.9. The van der Waals surface area contributed by atoms with Gasteiger partial charge >= 0.3 is 0 Å². The summed E-state index contributed by atoms with van der Waals surface area (Å²) in [5, 5.41) is 11.6. The molecule has 0 bridgehead atoms. The summed E-state index contributed by atoms with van der Waals surface area (Å²) >= 11 is 10.4. The largest absolute Gasteiger partial charge is 0.455 e. The summed E-state index contributed by atoms with van der Waals surface area (Å²) in [6.07, 6.45) is 0. The molecule has 0 radical (unpaired) electrons. The molecule has 0 atom stereocenters. The van der Waals surface area contributed by atoms with Crippen molar-refractivity contribution < 1.29 is 8.83 Å². The van der Waals surface area contributed by atoms with Gasteiger partial charge in [-0.05, 0) is 107 Å². The highest BCUT2D eigenvalue weighted by atomic mass is 79.9. The molecule has 0 amide bonds. The van der Waals surface area contributed by atoms with Crippen molar-refractivity contribution in [1.29, 1.82) is 0 Å². The summed E-state index contributed by atoms with van der Waals surface area (Å²) in [4.78, 5) is 0. The lowest BCUT2D eigenvalue weighted by atomic mass is 9.97. The molecule has 0 fully saturated rings. The van der Waals surface area contributed by atoms with Crippen LogP contribution in [0.2, 0.25) is 0 Å². The Kier molecular flexibility index (Phi) is 8.82. The van der Waals surface area contributed by atoms with Crippen LogP contribution in [0.5, 0.6) is 0 Å². The molecule has 0 aliphatic carbocycles. The number of para-hydroxylation sites is 5. The molecule has 14 aromatic rings. The van der Waals surface area contributed by atoms with Crippen LogP contribution in [0.4, 0.5) is 0 Å². The molecular weight excluding hydrogens is 901 g/mol. The van der Waals surface area contributed by atoms with Crippen molar-refractivity contribution in [2.24, 2.45) is 0 Å². The van der Waals surface area contributed by atoms with Gasteiger partial charge < -0.3 is 18.0 Å². The minimum absolute atomic E-state index is 0.891. The second-order valence-corrected chi connectivity index (χ2v) is 17.5. The van der Waals surface area contributed by atoms with E-state index >= 15 is 0 Å². The number of aromatic nitrogens is 2. The van der Waals surface area contributed by atoms with E-state index in [0.717, 1.165) is 115 Å². The number of nitrogens with zero attached hydrogens (tertiary/aromatic N) is 2. The molecule has 10 aromatic carbocycles. The van der Waals surface area contributed by atoms with Gasteiger partial charge in [-0.3, -0.25) is 0 Å². The maximum atomic E-state index is 6.63. The van der Waals surface area contributed by atoms with Crippen molar-refractivity contribution >= 4 is 138 Å². The van der Waals surface area contributed by atoms with E-state index in [2.05, 4.69) is 230 Å². The van der Waals surface area contributed by atoms with Crippen molar-refractivity contribution in [2.45, 2.75) is 0 Å². The van der Waals surface area contributed by atoms with Gasteiger partial charge in [0, 0.05) is 47.6 Å². The number of benzene rings is 10. The van der Waals surface area contributed by atoms with E-state index < -0.39 is 0 Å². The van der Waals surface area contributed by atoms with E-state index in [1.54, 1.807) is 0 Å². The monoisotopic (exact) mass is 934 g/mol. The van der Waals surface area contributed by atoms with Gasteiger partial charge in [-0.15, -0.1) is 23.3 Å². The van der Waals surface area contributed by atoms with Crippen LogP contribution >= 0.6 is 39.3 Å². The van der Waals surface area contributed by atoms with Crippen LogP contribution in [0, 0.1) is 0 Å². The van der Waals surface area contributed by atoms with Gasteiger partial charge in [-0.1, -0.05) is 137 Å². The van der Waals surface area contributed by atoms with E-state index in [1.807, 2.05) is 18.2 Å². The maximum Gasteiger partial charge on any atom is 0.159 e. The van der Waals surface area contributed by atoms with Crippen molar-refractivity contribution in [3.05, 3.63) is 205 Å². The summed E-state index contributed by atoms with van der Waals surface area (Å²) in [5.41, 5.74) is 14.9. The lowest BCUT2D eigenvalue weighted by Crippen LogP contribution is -1.95. The number of hydrogen-bond acceptors (Lipinski definition) is 4. The summed E-state index contributed by atoms with van der Waals surface area (Å²) < 4.78 is 19.0. The number of hydrogen-bond donors (Lipinski definition) is 2. The van der Waals surface area contributed by atoms with E-state index in [-0.39, 0.29) is 0 Å². The standard InChI is InChI=1S/C58H33BrN2O2.H2S2/c59-39-29-37(34-24-26-50-46(31-34)41-14-3-7-19-48(41)60(50)52-21-11-18-44-43-16-5-9-22-54(43)62-57(44)52)28-38(30-39)35-25-27-51-47(32-35)42-15-4-8-20-49(42)61(51)53-33-36-12-1-2-13-40(36)58-56(53)45-17-6-10-23-55(45)63-58;1-2/h1-33H;1-2H. The molecule has 65 heavy (non-hydrogen) atoms. The average Bonchev–Trinajstić information content (AvgIpc) is 4.12. The highest BCUT2D eigenvalue weighted by molar-refractivity contribution is 9.10. The third kappa shape index (κ3) is 5.79. The van der Waals surface area contributed by atoms with Crippen molar-refractivity contribution in [2.75, 3.05) is 0 Å². The summed E-state index contributed by atoms with van der Waals surface area (Å²) in [6.45, 7) is 0. The zero-order chi connectivity index (χ0) is 43.3. The van der Waals surface area contributed by atoms with Crippen molar-refractivity contribution in [3.63, 3.8) is 0 Å². The molecule has 0 saturated heterocycles. The molecule has 4 nitrogen and oxygen atoms in total. The number of thiol groups is 2. The molecule has 0 aliphatic heterocycles. The molecule has 0 unspecified atom stereocenters. The van der Waals surface area contributed by atoms with Gasteiger partial charge in [0.2, 0.25) is 0 Å². The fraction of sp³-hybridized carbons (Fsp3) is 0. The molecule has 14 rings (SSSR count). The molecule has 0 aliphatic rings. The Morgan fingerprint density at radius 2 is 0.831 bits per heavy atom. The first-order valence-corrected chi connectivity index (χ1v) is 23.9. The predicted octanol–water partition coefficient (Wildman–Crippen LogP) is 17.7. The van der Waals surface area contributed by atoms with Gasteiger partial charge in [-0.25, -0.2) is 0 Å². The second kappa shape index (κ2) is 15.0. The maximum absolute atomic E-state index is 6.63. The van der Waals surface area contributed by atoms with Crippen LogP contribution < -0.4 is 0 Å². The van der Waals surface area contributed by atoms with E-state index in [9.17, 15) is 0 Å². The third-order valence-electron chi connectivity index (χ3n) is 13.1. The first kappa shape index (κ1) is 38.3. The normalized spacial score (nSPS) is 11.9. The Hall–Kier alpha value is -7.16. The fourth-order valence-electron chi connectivity index (χ4n) is 10.4. The van der Waals surface area contributed by atoms with Crippen LogP contribution in [0.3, 0.4) is 0 Å². The van der Waals surface area contributed by atoms with Gasteiger partial charge in [-0.2, -0.15) is 0 Å². The summed E-state index contributed by atoms with van der Waals surface area (Å²) in [6, 6.07) is 72.0. The molecular formula is C58H35BrN2O2S2. The SMILES string of the molecule is Brc1cc(-c2ccc3c(c2)c2ccccc2n3-c2cccc3c2oc2ccccc23)cc(-c2ccc3c(c2)c2ccccc2n3-c2cc3ccccc3c3oc4ccccc4c23)c1.SS. The van der Waals surface area contributed by atoms with Gasteiger partial charge in [0.25, 0.3) is 0 Å². The molecule has 0 spiro atoms. The Bertz CT molecular complexity index is 4250. The van der Waals surface area contributed by atoms with E-state index in [0.29, 0.717) is 0 Å². The van der Waals surface area contributed by atoms with Crippen LogP contribution in [-0.2, 0) is 0 Å². The Morgan fingerprint density at radius 3 is 1.49 bits per heavy atom. The summed E-state index contributed by atoms with van der Waals surface area (Å²) in [5.74, 6) is 0. The van der Waals surface area contributed by atoms with Crippen LogP contribution in [0.25, 0.3) is 132 Å². The Morgan fingerprint density at radius 1 is 0.338 bits per heavy atom. The van der Waals surface area contributed by atoms with E-state index in [4.69, 9.17) is 8.83 Å². The number of furan rings is 2. The van der Waals surface area contributed by atoms with Crippen molar-refractivity contribution in [1.82, 2.24) is 9.13 Å². The second-order valence-electron chi connectivity index (χ2n) is 16.6. The quantitative estimate of drug-likeness (QED) is 0.136. The first-order chi connectivity index (χ1) is 32.1. The third-order valence-corrected chi connectivity index (χ3v) is 13.6. The molecule has 4 heterocycles. The average molecular weight is 936 g/mol. The predicted molar refractivity (Wildman–Crippen MR) is 284 cm³/mol. The lowest BCUT2D eigenvalue weighted by Gasteiger charge is -2.12. The van der Waals surface area contributed by atoms with Crippen LogP contribution in [-0.4, -0.2) is 9.13 Å². The zero-order valence-electron chi connectivity index (χ0n) is 34.5. The van der Waals surface area contributed by atoms with Crippen molar-refractivity contribution in [3.8, 4) is 33.6 Å². The van der Waals surface area contributed by atoms with Crippen LogP contribution in [0.1, 0.15) is 0 Å². The smallest absolute Gasteiger partial charge is 0.159 e. The molecule has 0 saturated carbocycles. The van der Waals surface area contributed by atoms with Gasteiger partial charge in [0.15, 0.2) is 5.58 Å². The minimum Gasteiger partial charge on any atom is -0.455 e. The number of halogens is 1. The van der Waals surface area contributed by atoms with E-state index in [1.165, 1.54) is 21.5 Å². The molecule has 308 valence electrons. The Labute approximate surface area is 391 Å². The van der Waals surface area contributed by atoms with Gasteiger partial charge in [0.1, 0.15) is 16.7 Å². The number of fused-ring (bicyclic) bond motifs is 14. The van der Waals surface area contributed by atoms with Gasteiger partial charge in [0.05, 0.1) is 38.8 Å². The number of rotatable bonds is 4. The first-order valence-electron chi connectivity index (χ1n) is 21.5. The fourth-order valence-corrected chi connectivity index (χ4v) is 10.9. The Balaban J connectivity index is 0.00000209. The molecule has 4 aromatic heterocycles. The molecule has 7 heteroatoms. The molecule has 0 N–H and O–H groups in total. The minimum atomic E-state index is 0.891. The van der Waals surface area contributed by atoms with Crippen LogP contribution in [0.15, 0.2) is 213 Å². The lowest BCUT2D eigenvalue weighted by molar-refractivity contribution is 0.666. The topological polar surface area (TPSA) is 36.1 Å². The highest BCUT2D eigenvalue weighted by Crippen LogP contribution is 2.44. The summed E-state index contributed by atoms with van der Waals surface area (Å²) in [7, 11) is 0.